The van der Waals surface area contributed by atoms with E-state index in [4.69, 9.17) is 37.8 Å². The third-order valence-electron chi connectivity index (χ3n) is 11.5. The number of phenolic OH excluding ortho intramolecular Hbond substituents is 1. The number of amides is 4. The third kappa shape index (κ3) is 6.05. The van der Waals surface area contributed by atoms with E-state index in [2.05, 4.69) is 5.43 Å². The Morgan fingerprint density at radius 1 is 0.889 bits per heavy atom. The van der Waals surface area contributed by atoms with Crippen LogP contribution in [0.25, 0.3) is 0 Å². The van der Waals surface area contributed by atoms with Gasteiger partial charge < -0.3 is 19.7 Å². The van der Waals surface area contributed by atoms with Gasteiger partial charge in [-0.1, -0.05) is 53.4 Å². The van der Waals surface area contributed by atoms with Crippen molar-refractivity contribution in [3.63, 3.8) is 0 Å². The Bertz CT molecular complexity index is 2070. The number of fused-ring (bicyclic) bond motifs is 4. The number of aromatic hydroxyl groups is 1. The molecule has 2 aliphatic carbocycles. The highest BCUT2D eigenvalue weighted by Crippen LogP contribution is 2.65. The summed E-state index contributed by atoms with van der Waals surface area (Å²) in [4.78, 5) is 70.7. The van der Waals surface area contributed by atoms with Gasteiger partial charge in [-0.3, -0.25) is 34.3 Å². The Kier molecular flexibility index (Phi) is 10.1. The van der Waals surface area contributed by atoms with Crippen molar-refractivity contribution in [3.05, 3.63) is 93.5 Å². The number of imide groups is 2. The fraction of sp³-hybridized carbons (Fsp3) is 0.375. The second-order valence-corrected chi connectivity index (χ2v) is 15.0. The van der Waals surface area contributed by atoms with Crippen molar-refractivity contribution in [2.24, 2.45) is 23.7 Å². The highest BCUT2D eigenvalue weighted by molar-refractivity contribution is 6.36. The molecule has 2 heterocycles. The molecule has 0 radical (unpaired) electrons. The smallest absolute Gasteiger partial charge is 0.303 e. The fourth-order valence-corrected chi connectivity index (χ4v) is 9.54. The minimum Gasteiger partial charge on any atom is -0.508 e. The molecule has 0 spiro atoms. The molecule has 12 nitrogen and oxygen atoms in total. The number of halogens is 2. The van der Waals surface area contributed by atoms with E-state index in [-0.39, 0.29) is 54.1 Å². The summed E-state index contributed by atoms with van der Waals surface area (Å²) in [7, 11) is 3.00. The number of nitrogens with one attached hydrogen (secondary N) is 1. The number of benzene rings is 3. The van der Waals surface area contributed by atoms with E-state index in [1.807, 2.05) is 6.08 Å². The Morgan fingerprint density at radius 3 is 2.30 bits per heavy atom. The van der Waals surface area contributed by atoms with Crippen LogP contribution in [0, 0.1) is 23.7 Å². The molecule has 3 aromatic carbocycles. The molecule has 14 heteroatoms. The predicted molar refractivity (Wildman–Crippen MR) is 198 cm³/mol. The number of ether oxygens (including phenoxy) is 2. The standard InChI is InChI=1S/C40H39Cl2N3O9/c1-53-23-10-7-21(8-11-23)40-29(37(50)45(39(40)52)43-31-15-9-22(41)18-30(31)42)20-27-25(35(40)28-19-24(54-2)12-16-32(28)46)13-14-26-34(27)38(51)44(36(26)49)17-5-3-4-6-33(47)48/h7-13,15-16,18-19,26-27,29,34-35,43,46H,3-6,14,17,20H2,1-2H3,(H,47,48)/t26-,27+,29-,34-,35+,40+/m0/s1. The number of carboxylic acid groups (broad SMARTS) is 1. The summed E-state index contributed by atoms with van der Waals surface area (Å²) < 4.78 is 11.0. The van der Waals surface area contributed by atoms with E-state index in [0.717, 1.165) is 5.01 Å². The van der Waals surface area contributed by atoms with Crippen LogP contribution in [0.2, 0.25) is 10.0 Å². The number of carbonyl (C=O) groups is 5. The van der Waals surface area contributed by atoms with Gasteiger partial charge in [0.05, 0.1) is 48.1 Å². The zero-order valence-corrected chi connectivity index (χ0v) is 31.1. The number of anilines is 1. The summed E-state index contributed by atoms with van der Waals surface area (Å²) in [6.45, 7) is 0.155. The van der Waals surface area contributed by atoms with E-state index >= 15 is 4.79 Å². The highest BCUT2D eigenvalue weighted by Gasteiger charge is 2.70. The Balaban J connectivity index is 1.38. The molecule has 3 N–H and O–H groups in total. The van der Waals surface area contributed by atoms with Crippen LogP contribution < -0.4 is 14.9 Å². The van der Waals surface area contributed by atoms with E-state index in [0.29, 0.717) is 52.5 Å². The minimum atomic E-state index is -1.65. The molecule has 3 fully saturated rings. The average molecular weight is 777 g/mol. The van der Waals surface area contributed by atoms with Crippen molar-refractivity contribution >= 4 is 58.5 Å². The molecular weight excluding hydrogens is 737 g/mol. The molecular formula is C40H39Cl2N3O9. The van der Waals surface area contributed by atoms with Gasteiger partial charge in [0.15, 0.2) is 0 Å². The number of hydrogen-bond donors (Lipinski definition) is 3. The van der Waals surface area contributed by atoms with Crippen LogP contribution in [0.1, 0.15) is 55.6 Å². The van der Waals surface area contributed by atoms with Crippen LogP contribution in [-0.2, 0) is 29.4 Å². The molecule has 3 aromatic rings. The zero-order valence-electron chi connectivity index (χ0n) is 29.6. The van der Waals surface area contributed by atoms with E-state index in [1.165, 1.54) is 31.3 Å². The minimum absolute atomic E-state index is 0.00117. The summed E-state index contributed by atoms with van der Waals surface area (Å²) >= 11 is 12.7. The van der Waals surface area contributed by atoms with Crippen molar-refractivity contribution in [1.29, 1.82) is 0 Å². The SMILES string of the molecule is COc1ccc([C@@]23C(=O)N(Nc4ccc(Cl)cc4Cl)C(=O)[C@@H]2C[C@@H]2C(=CC[C@@H]4C(=O)N(CCCCCC(=O)O)C(=O)[C@@H]42)[C@@H]3c2cc(OC)ccc2O)cc1. The lowest BCUT2D eigenvalue weighted by Gasteiger charge is -2.50. The molecule has 4 amide bonds. The molecule has 6 atom stereocenters. The Labute approximate surface area is 321 Å². The number of hydrazine groups is 1. The molecule has 2 aliphatic heterocycles. The first kappa shape index (κ1) is 37.3. The molecule has 4 aliphatic rings. The molecule has 0 aromatic heterocycles. The maximum absolute atomic E-state index is 15.4. The fourth-order valence-electron chi connectivity index (χ4n) is 9.09. The van der Waals surface area contributed by atoms with Gasteiger partial charge in [-0.2, -0.15) is 5.01 Å². The molecule has 0 bridgehead atoms. The lowest BCUT2D eigenvalue weighted by Crippen LogP contribution is -2.53. The summed E-state index contributed by atoms with van der Waals surface area (Å²) in [5.74, 6) is -6.11. The van der Waals surface area contributed by atoms with Crippen molar-refractivity contribution in [2.45, 2.75) is 49.9 Å². The van der Waals surface area contributed by atoms with E-state index in [9.17, 15) is 24.3 Å². The molecule has 2 saturated heterocycles. The number of carbonyl (C=O) groups excluding carboxylic acids is 4. The largest absolute Gasteiger partial charge is 0.508 e. The lowest BCUT2D eigenvalue weighted by molar-refractivity contribution is -0.141. The Morgan fingerprint density at radius 2 is 1.61 bits per heavy atom. The number of likely N-dealkylation sites (tertiary alicyclic amines) is 1. The van der Waals surface area contributed by atoms with Gasteiger partial charge in [-0.15, -0.1) is 0 Å². The first-order chi connectivity index (χ1) is 25.9. The van der Waals surface area contributed by atoms with Crippen LogP contribution in [0.4, 0.5) is 5.69 Å². The number of allylic oxidation sites excluding steroid dienone is 2. The van der Waals surface area contributed by atoms with Gasteiger partial charge in [0.2, 0.25) is 11.8 Å². The van der Waals surface area contributed by atoms with Crippen LogP contribution in [0.15, 0.2) is 72.3 Å². The van der Waals surface area contributed by atoms with Gasteiger partial charge >= 0.3 is 5.97 Å². The van der Waals surface area contributed by atoms with Crippen LogP contribution >= 0.6 is 23.2 Å². The number of aliphatic carboxylic acids is 1. The van der Waals surface area contributed by atoms with Crippen molar-refractivity contribution in [3.8, 4) is 17.2 Å². The highest BCUT2D eigenvalue weighted by atomic mass is 35.5. The Hall–Kier alpha value is -5.07. The van der Waals surface area contributed by atoms with Gasteiger partial charge in [0.25, 0.3) is 11.8 Å². The zero-order chi connectivity index (χ0) is 38.5. The number of nitrogens with zero attached hydrogens (tertiary/aromatic N) is 2. The quantitative estimate of drug-likeness (QED) is 0.107. The molecule has 7 rings (SSSR count). The number of unbranched alkanes of at least 4 members (excludes halogenated alkanes) is 2. The van der Waals surface area contributed by atoms with Crippen molar-refractivity contribution in [2.75, 3.05) is 26.2 Å². The van der Waals surface area contributed by atoms with Gasteiger partial charge in [-0.25, -0.2) is 0 Å². The number of phenols is 1. The molecule has 282 valence electrons. The number of rotatable bonds is 12. The number of methoxy groups -OCH3 is 2. The lowest BCUT2D eigenvalue weighted by atomic mass is 9.49. The van der Waals surface area contributed by atoms with Crippen molar-refractivity contribution in [1.82, 2.24) is 9.91 Å². The van der Waals surface area contributed by atoms with Gasteiger partial charge in [0.1, 0.15) is 17.2 Å². The van der Waals surface area contributed by atoms with Crippen LogP contribution in [-0.4, -0.2) is 70.5 Å². The first-order valence-electron chi connectivity index (χ1n) is 17.8. The second-order valence-electron chi connectivity index (χ2n) is 14.2. The van der Waals surface area contributed by atoms with E-state index < -0.39 is 52.8 Å². The van der Waals surface area contributed by atoms with Crippen LogP contribution in [0.3, 0.4) is 0 Å². The monoisotopic (exact) mass is 775 g/mol. The summed E-state index contributed by atoms with van der Waals surface area (Å²) in [6.07, 6.45) is 3.60. The van der Waals surface area contributed by atoms with E-state index in [1.54, 1.807) is 48.5 Å². The van der Waals surface area contributed by atoms with Gasteiger partial charge in [-0.05, 0) is 85.7 Å². The van der Waals surface area contributed by atoms with Crippen molar-refractivity contribution < 1.29 is 43.7 Å². The molecule has 1 saturated carbocycles. The predicted octanol–water partition coefficient (Wildman–Crippen LogP) is 6.35. The number of carboxylic acids is 1. The average Bonchev–Trinajstić information content (AvgIpc) is 3.53. The number of hydrogen-bond acceptors (Lipinski definition) is 9. The molecule has 0 unspecified atom stereocenters. The molecule has 54 heavy (non-hydrogen) atoms. The van der Waals surface area contributed by atoms with Gasteiger partial charge in [0, 0.05) is 29.5 Å². The maximum atomic E-state index is 15.4. The normalized spacial score (nSPS) is 25.9. The third-order valence-corrected chi connectivity index (χ3v) is 12.0. The first-order valence-corrected chi connectivity index (χ1v) is 18.6. The maximum Gasteiger partial charge on any atom is 0.303 e. The summed E-state index contributed by atoms with van der Waals surface area (Å²) in [6, 6.07) is 16.2. The summed E-state index contributed by atoms with van der Waals surface area (Å²) in [5, 5.41) is 22.1. The second kappa shape index (κ2) is 14.6. The van der Waals surface area contributed by atoms with Crippen LogP contribution in [0.5, 0.6) is 17.2 Å². The summed E-state index contributed by atoms with van der Waals surface area (Å²) in [5.41, 5.74) is 3.05. The topological polar surface area (TPSA) is 163 Å².